The summed E-state index contributed by atoms with van der Waals surface area (Å²) in [6.07, 6.45) is 1.87. The maximum Gasteiger partial charge on any atom is 0.257 e. The molecule has 0 saturated carbocycles. The maximum absolute atomic E-state index is 12.7. The molecule has 6 heteroatoms. The summed E-state index contributed by atoms with van der Waals surface area (Å²) in [4.78, 5) is 14.4. The van der Waals surface area contributed by atoms with Gasteiger partial charge in [0.25, 0.3) is 5.91 Å². The number of methoxy groups -OCH3 is 3. The van der Waals surface area contributed by atoms with Gasteiger partial charge in [-0.2, -0.15) is 0 Å². The number of rotatable bonds is 4. The van der Waals surface area contributed by atoms with E-state index in [0.29, 0.717) is 35.9 Å². The van der Waals surface area contributed by atoms with Gasteiger partial charge in [0.15, 0.2) is 11.5 Å². The third-order valence-electron chi connectivity index (χ3n) is 3.68. The lowest BCUT2D eigenvalue weighted by Gasteiger charge is -2.31. The number of carbonyl (C=O) groups excluding carboxylic acids is 1. The fraction of sp³-hybridized carbons (Fsp3) is 0.533. The number of amides is 1. The van der Waals surface area contributed by atoms with E-state index in [1.807, 2.05) is 0 Å². The van der Waals surface area contributed by atoms with Crippen LogP contribution in [-0.4, -0.2) is 51.3 Å². The van der Waals surface area contributed by atoms with Crippen LogP contribution < -0.4 is 19.9 Å². The Kier molecular flexibility index (Phi) is 4.90. The van der Waals surface area contributed by atoms with E-state index in [1.165, 1.54) is 14.2 Å². The van der Waals surface area contributed by atoms with Crippen LogP contribution in [0.1, 0.15) is 23.2 Å². The Morgan fingerprint density at radius 3 is 2.33 bits per heavy atom. The third-order valence-corrected chi connectivity index (χ3v) is 3.68. The van der Waals surface area contributed by atoms with Crippen molar-refractivity contribution in [1.82, 2.24) is 4.90 Å². The lowest BCUT2D eigenvalue weighted by molar-refractivity contribution is 0.0705. The second kappa shape index (κ2) is 6.67. The summed E-state index contributed by atoms with van der Waals surface area (Å²) in [5, 5.41) is 0. The molecule has 1 fully saturated rings. The Hall–Kier alpha value is -1.95. The number of carbonyl (C=O) groups is 1. The van der Waals surface area contributed by atoms with Crippen molar-refractivity contribution < 1.29 is 19.0 Å². The van der Waals surface area contributed by atoms with Crippen LogP contribution in [0.3, 0.4) is 0 Å². The standard InChI is InChI=1S/C15H22N2O4/c1-19-12-8-14(21-3)13(20-2)7-11(12)15(18)17-6-4-5-10(16)9-17/h7-8,10H,4-6,9,16H2,1-3H3/t10-/m1/s1. The molecule has 1 aromatic carbocycles. The summed E-state index contributed by atoms with van der Waals surface area (Å²) < 4.78 is 15.8. The van der Waals surface area contributed by atoms with E-state index in [2.05, 4.69) is 0 Å². The van der Waals surface area contributed by atoms with Gasteiger partial charge in [-0.3, -0.25) is 4.79 Å². The first-order valence-corrected chi connectivity index (χ1v) is 6.95. The fourth-order valence-corrected chi connectivity index (χ4v) is 2.56. The fourth-order valence-electron chi connectivity index (χ4n) is 2.56. The minimum absolute atomic E-state index is 0.0360. The van der Waals surface area contributed by atoms with Gasteiger partial charge in [0.1, 0.15) is 5.75 Å². The van der Waals surface area contributed by atoms with Crippen LogP contribution in [0.2, 0.25) is 0 Å². The Balaban J connectivity index is 2.34. The number of piperidine rings is 1. The highest BCUT2D eigenvalue weighted by Gasteiger charge is 2.26. The molecular formula is C15H22N2O4. The molecule has 0 bridgehead atoms. The number of ether oxygens (including phenoxy) is 3. The van der Waals surface area contributed by atoms with Crippen molar-refractivity contribution in [2.45, 2.75) is 18.9 Å². The number of benzene rings is 1. The summed E-state index contributed by atoms with van der Waals surface area (Å²) in [5.41, 5.74) is 6.41. The van der Waals surface area contributed by atoms with Crippen molar-refractivity contribution in [3.63, 3.8) is 0 Å². The van der Waals surface area contributed by atoms with Crippen LogP contribution in [-0.2, 0) is 0 Å². The number of nitrogens with two attached hydrogens (primary N) is 1. The maximum atomic E-state index is 12.7. The summed E-state index contributed by atoms with van der Waals surface area (Å²) in [6.45, 7) is 1.28. The number of hydrogen-bond donors (Lipinski definition) is 1. The van der Waals surface area contributed by atoms with Crippen LogP contribution in [0.15, 0.2) is 12.1 Å². The van der Waals surface area contributed by atoms with E-state index in [4.69, 9.17) is 19.9 Å². The van der Waals surface area contributed by atoms with Crippen molar-refractivity contribution >= 4 is 5.91 Å². The van der Waals surface area contributed by atoms with Gasteiger partial charge in [0.2, 0.25) is 0 Å². The Bertz CT molecular complexity index is 519. The van der Waals surface area contributed by atoms with Gasteiger partial charge < -0.3 is 24.8 Å². The molecule has 6 nitrogen and oxygen atoms in total. The molecule has 1 atom stereocenters. The second-order valence-electron chi connectivity index (χ2n) is 5.06. The van der Waals surface area contributed by atoms with E-state index >= 15 is 0 Å². The van der Waals surface area contributed by atoms with Gasteiger partial charge >= 0.3 is 0 Å². The largest absolute Gasteiger partial charge is 0.496 e. The molecule has 0 unspecified atom stereocenters. The summed E-state index contributed by atoms with van der Waals surface area (Å²) in [5.74, 6) is 1.41. The van der Waals surface area contributed by atoms with Crippen LogP contribution in [0.25, 0.3) is 0 Å². The topological polar surface area (TPSA) is 74.0 Å². The van der Waals surface area contributed by atoms with Crippen molar-refractivity contribution in [2.24, 2.45) is 5.73 Å². The van der Waals surface area contributed by atoms with Crippen LogP contribution in [0.5, 0.6) is 17.2 Å². The summed E-state index contributed by atoms with van der Waals surface area (Å²) in [7, 11) is 4.61. The highest BCUT2D eigenvalue weighted by Crippen LogP contribution is 2.35. The average Bonchev–Trinajstić information content (AvgIpc) is 2.52. The molecule has 1 saturated heterocycles. The highest BCUT2D eigenvalue weighted by atomic mass is 16.5. The lowest BCUT2D eigenvalue weighted by Crippen LogP contribution is -2.45. The third kappa shape index (κ3) is 3.21. The Labute approximate surface area is 124 Å². The van der Waals surface area contributed by atoms with Gasteiger partial charge in [0.05, 0.1) is 26.9 Å². The molecule has 1 aliphatic rings. The van der Waals surface area contributed by atoms with Crippen LogP contribution in [0, 0.1) is 0 Å². The zero-order valence-electron chi connectivity index (χ0n) is 12.7. The molecule has 0 radical (unpaired) electrons. The molecule has 1 aromatic rings. The molecule has 2 rings (SSSR count). The van der Waals surface area contributed by atoms with Crippen molar-refractivity contribution in [3.05, 3.63) is 17.7 Å². The van der Waals surface area contributed by atoms with Gasteiger partial charge in [-0.15, -0.1) is 0 Å². The molecule has 21 heavy (non-hydrogen) atoms. The number of likely N-dealkylation sites (tertiary alicyclic amines) is 1. The highest BCUT2D eigenvalue weighted by molar-refractivity contribution is 5.98. The first-order chi connectivity index (χ1) is 10.1. The second-order valence-corrected chi connectivity index (χ2v) is 5.06. The average molecular weight is 294 g/mol. The molecule has 0 spiro atoms. The molecule has 1 amide bonds. The van der Waals surface area contributed by atoms with Gasteiger partial charge in [-0.05, 0) is 12.8 Å². The van der Waals surface area contributed by atoms with Gasteiger partial charge in [0, 0.05) is 31.3 Å². The van der Waals surface area contributed by atoms with Gasteiger partial charge in [-0.1, -0.05) is 0 Å². The van der Waals surface area contributed by atoms with E-state index < -0.39 is 0 Å². The molecule has 116 valence electrons. The smallest absolute Gasteiger partial charge is 0.257 e. The first-order valence-electron chi connectivity index (χ1n) is 6.95. The molecule has 0 aliphatic carbocycles. The van der Waals surface area contributed by atoms with Gasteiger partial charge in [-0.25, -0.2) is 0 Å². The minimum Gasteiger partial charge on any atom is -0.496 e. The number of nitrogens with zero attached hydrogens (tertiary/aromatic N) is 1. The summed E-state index contributed by atoms with van der Waals surface area (Å²) >= 11 is 0. The normalized spacial score (nSPS) is 18.3. The monoisotopic (exact) mass is 294 g/mol. The van der Waals surface area contributed by atoms with Crippen LogP contribution in [0.4, 0.5) is 0 Å². The van der Waals surface area contributed by atoms with Crippen molar-refractivity contribution in [2.75, 3.05) is 34.4 Å². The Morgan fingerprint density at radius 1 is 1.14 bits per heavy atom. The zero-order chi connectivity index (χ0) is 15.4. The Morgan fingerprint density at radius 2 is 1.76 bits per heavy atom. The minimum atomic E-state index is -0.0945. The molecule has 0 aromatic heterocycles. The predicted octanol–water partition coefficient (Wildman–Crippen LogP) is 1.28. The quantitative estimate of drug-likeness (QED) is 0.905. The summed E-state index contributed by atoms with van der Waals surface area (Å²) in [6, 6.07) is 3.35. The van der Waals surface area contributed by atoms with Crippen LogP contribution >= 0.6 is 0 Å². The molecular weight excluding hydrogens is 272 g/mol. The van der Waals surface area contributed by atoms with Crippen molar-refractivity contribution in [1.29, 1.82) is 0 Å². The predicted molar refractivity (Wildman–Crippen MR) is 79.2 cm³/mol. The molecule has 2 N–H and O–H groups in total. The van der Waals surface area contributed by atoms with E-state index in [0.717, 1.165) is 12.8 Å². The zero-order valence-corrected chi connectivity index (χ0v) is 12.7. The molecule has 1 aliphatic heterocycles. The van der Waals surface area contributed by atoms with E-state index in [1.54, 1.807) is 24.1 Å². The van der Waals surface area contributed by atoms with E-state index in [9.17, 15) is 4.79 Å². The SMILES string of the molecule is COc1cc(OC)c(C(=O)N2CCC[C@@H](N)C2)cc1OC. The first kappa shape index (κ1) is 15.4. The van der Waals surface area contributed by atoms with E-state index in [-0.39, 0.29) is 11.9 Å². The van der Waals surface area contributed by atoms with Crippen molar-refractivity contribution in [3.8, 4) is 17.2 Å². The molecule has 1 heterocycles. The number of hydrogen-bond acceptors (Lipinski definition) is 5. The lowest BCUT2D eigenvalue weighted by atomic mass is 10.0.